The van der Waals surface area contributed by atoms with Crippen molar-refractivity contribution in [3.05, 3.63) is 60.7 Å². The van der Waals surface area contributed by atoms with Gasteiger partial charge in [-0.1, -0.05) is 48.5 Å². The Hall–Kier alpha value is -2.47. The molecule has 0 radical (unpaired) electrons. The van der Waals surface area contributed by atoms with Gasteiger partial charge in [0.15, 0.2) is 0 Å². The molecule has 0 saturated heterocycles. The van der Waals surface area contributed by atoms with Gasteiger partial charge in [0.25, 0.3) is 0 Å². The maximum Gasteiger partial charge on any atom is 0.0730 e. The molecule has 1 aromatic heterocycles. The highest BCUT2D eigenvalue weighted by Crippen LogP contribution is 2.28. The molecule has 5 heteroatoms. The first-order valence-corrected chi connectivity index (χ1v) is 7.58. The first-order chi connectivity index (χ1) is 10.7. The minimum atomic E-state index is 0. The highest BCUT2D eigenvalue weighted by molar-refractivity contribution is 5.93. The third kappa shape index (κ3) is 4.52. The molecule has 3 aromatic rings. The van der Waals surface area contributed by atoms with Gasteiger partial charge < -0.3 is 21.2 Å². The monoisotopic (exact) mass is 327 g/mol. The van der Waals surface area contributed by atoms with Crippen LogP contribution in [0.2, 0.25) is 0 Å². The van der Waals surface area contributed by atoms with Crippen molar-refractivity contribution >= 4 is 16.6 Å². The highest BCUT2D eigenvalue weighted by atomic mass is 16.0. The van der Waals surface area contributed by atoms with Crippen LogP contribution in [-0.4, -0.2) is 48.0 Å². The number of nitrogens with one attached hydrogen (secondary N) is 1. The van der Waals surface area contributed by atoms with E-state index in [-0.39, 0.29) is 11.0 Å². The summed E-state index contributed by atoms with van der Waals surface area (Å²) in [6, 6.07) is 20.7. The summed E-state index contributed by atoms with van der Waals surface area (Å²) in [7, 11) is 4.17. The summed E-state index contributed by atoms with van der Waals surface area (Å²) in [5.74, 6) is 0. The molecule has 24 heavy (non-hydrogen) atoms. The molecule has 3 rings (SSSR count). The Morgan fingerprint density at radius 3 is 2.29 bits per heavy atom. The summed E-state index contributed by atoms with van der Waals surface area (Å²) in [5, 5.41) is 4.72. The summed E-state index contributed by atoms with van der Waals surface area (Å²) >= 11 is 0. The van der Waals surface area contributed by atoms with E-state index in [2.05, 4.69) is 60.7 Å². The second kappa shape index (κ2) is 8.98. The van der Waals surface area contributed by atoms with Crippen LogP contribution in [0.25, 0.3) is 22.2 Å². The maximum absolute atomic E-state index is 4.80. The molecular formula is C19H25N3O2. The molecule has 0 aliphatic carbocycles. The molecule has 0 fully saturated rings. The summed E-state index contributed by atoms with van der Waals surface area (Å²) < 4.78 is 0. The molecule has 5 N–H and O–H groups in total. The number of hydrogen-bond donors (Lipinski definition) is 1. The predicted molar refractivity (Wildman–Crippen MR) is 101 cm³/mol. The molecule has 0 bridgehead atoms. The fourth-order valence-electron chi connectivity index (χ4n) is 2.49. The Morgan fingerprint density at radius 1 is 0.917 bits per heavy atom. The van der Waals surface area contributed by atoms with E-state index in [1.54, 1.807) is 0 Å². The lowest BCUT2D eigenvalue weighted by molar-refractivity contribution is 0.425. The summed E-state index contributed by atoms with van der Waals surface area (Å²) in [6.45, 7) is 1.91. The second-order valence-corrected chi connectivity index (χ2v) is 5.67. The summed E-state index contributed by atoms with van der Waals surface area (Å²) in [6.07, 6.45) is 0. The van der Waals surface area contributed by atoms with Crippen LogP contribution in [-0.2, 0) is 0 Å². The fraction of sp³-hybridized carbons (Fsp3) is 0.211. The largest absolute Gasteiger partial charge is 0.412 e. The molecular weight excluding hydrogens is 302 g/mol. The number of nitrogens with zero attached hydrogens (tertiary/aromatic N) is 2. The molecule has 0 atom stereocenters. The topological polar surface area (TPSA) is 91.2 Å². The molecule has 5 nitrogen and oxygen atoms in total. The molecule has 0 aliphatic rings. The highest BCUT2D eigenvalue weighted by Gasteiger charge is 2.07. The fourth-order valence-corrected chi connectivity index (χ4v) is 2.49. The van der Waals surface area contributed by atoms with Gasteiger partial charge in [-0.25, -0.2) is 4.98 Å². The summed E-state index contributed by atoms with van der Waals surface area (Å²) in [4.78, 5) is 6.97. The van der Waals surface area contributed by atoms with Crippen molar-refractivity contribution in [2.75, 3.05) is 32.5 Å². The van der Waals surface area contributed by atoms with Crippen molar-refractivity contribution in [2.24, 2.45) is 0 Å². The van der Waals surface area contributed by atoms with E-state index >= 15 is 0 Å². The van der Waals surface area contributed by atoms with Crippen LogP contribution in [0.15, 0.2) is 60.7 Å². The van der Waals surface area contributed by atoms with Crippen LogP contribution in [0.3, 0.4) is 0 Å². The van der Waals surface area contributed by atoms with Crippen molar-refractivity contribution in [3.63, 3.8) is 0 Å². The Kier molecular flexibility index (Phi) is 7.32. The van der Waals surface area contributed by atoms with Crippen LogP contribution in [0, 0.1) is 0 Å². The quantitative estimate of drug-likeness (QED) is 0.779. The molecule has 0 unspecified atom stereocenters. The van der Waals surface area contributed by atoms with E-state index in [1.165, 1.54) is 5.39 Å². The number of pyridine rings is 1. The lowest BCUT2D eigenvalue weighted by atomic mass is 10.1. The van der Waals surface area contributed by atoms with Crippen LogP contribution in [0.1, 0.15) is 0 Å². The number of rotatable bonds is 5. The Labute approximate surface area is 142 Å². The van der Waals surface area contributed by atoms with Gasteiger partial charge in [0, 0.05) is 29.7 Å². The first-order valence-electron chi connectivity index (χ1n) is 7.58. The van der Waals surface area contributed by atoms with Gasteiger partial charge in [-0.05, 0) is 26.2 Å². The number of anilines is 1. The number of fused-ring (bicyclic) bond motifs is 1. The average molecular weight is 327 g/mol. The Bertz CT molecular complexity index is 761. The standard InChI is InChI=1S/C19H21N3.2H2O/c1-22(2)13-12-20-19-14-18(15-8-4-3-5-9-15)21-17-11-7-6-10-16(17)19;;/h3-11,14H,12-13H2,1-2H3,(H,20,21);2*1H2. The van der Waals surface area contributed by atoms with Crippen LogP contribution < -0.4 is 5.32 Å². The Balaban J connectivity index is 0.00000144. The van der Waals surface area contributed by atoms with Gasteiger partial charge in [-0.15, -0.1) is 0 Å². The third-order valence-electron chi connectivity index (χ3n) is 3.66. The zero-order chi connectivity index (χ0) is 15.4. The summed E-state index contributed by atoms with van der Waals surface area (Å²) in [5.41, 5.74) is 4.32. The van der Waals surface area contributed by atoms with Gasteiger partial charge in [0.05, 0.1) is 11.2 Å². The van der Waals surface area contributed by atoms with Gasteiger partial charge >= 0.3 is 0 Å². The van der Waals surface area contributed by atoms with Crippen molar-refractivity contribution in [1.82, 2.24) is 9.88 Å². The number of para-hydroxylation sites is 1. The van der Waals surface area contributed by atoms with Crippen molar-refractivity contribution in [3.8, 4) is 11.3 Å². The average Bonchev–Trinajstić information content (AvgIpc) is 2.55. The molecule has 2 aromatic carbocycles. The smallest absolute Gasteiger partial charge is 0.0730 e. The molecule has 0 saturated carbocycles. The second-order valence-electron chi connectivity index (χ2n) is 5.67. The molecule has 1 heterocycles. The maximum atomic E-state index is 4.80. The van der Waals surface area contributed by atoms with E-state index in [1.807, 2.05) is 24.3 Å². The SMILES string of the molecule is CN(C)CCNc1cc(-c2ccccc2)nc2ccccc12.O.O. The molecule has 128 valence electrons. The van der Waals surface area contributed by atoms with Gasteiger partial charge in [0.2, 0.25) is 0 Å². The van der Waals surface area contributed by atoms with E-state index in [0.29, 0.717) is 0 Å². The van der Waals surface area contributed by atoms with E-state index in [9.17, 15) is 0 Å². The van der Waals surface area contributed by atoms with Crippen molar-refractivity contribution in [2.45, 2.75) is 0 Å². The lowest BCUT2D eigenvalue weighted by Gasteiger charge is -2.14. The van der Waals surface area contributed by atoms with Crippen LogP contribution >= 0.6 is 0 Å². The number of aromatic nitrogens is 1. The number of hydrogen-bond acceptors (Lipinski definition) is 3. The zero-order valence-corrected chi connectivity index (χ0v) is 14.1. The predicted octanol–water partition coefficient (Wildman–Crippen LogP) is 2.23. The van der Waals surface area contributed by atoms with Crippen molar-refractivity contribution in [1.29, 1.82) is 0 Å². The van der Waals surface area contributed by atoms with E-state index in [4.69, 9.17) is 4.98 Å². The van der Waals surface area contributed by atoms with E-state index in [0.717, 1.165) is 35.6 Å². The van der Waals surface area contributed by atoms with Gasteiger partial charge in [-0.2, -0.15) is 0 Å². The normalized spacial score (nSPS) is 10.1. The first kappa shape index (κ1) is 19.6. The van der Waals surface area contributed by atoms with Crippen molar-refractivity contribution < 1.29 is 11.0 Å². The minimum absolute atomic E-state index is 0. The van der Waals surface area contributed by atoms with Crippen LogP contribution in [0.5, 0.6) is 0 Å². The molecule has 0 amide bonds. The Morgan fingerprint density at radius 2 is 1.58 bits per heavy atom. The molecule has 0 spiro atoms. The lowest BCUT2D eigenvalue weighted by Crippen LogP contribution is -2.20. The van der Waals surface area contributed by atoms with Crippen LogP contribution in [0.4, 0.5) is 5.69 Å². The molecule has 0 aliphatic heterocycles. The number of benzene rings is 2. The van der Waals surface area contributed by atoms with E-state index < -0.39 is 0 Å². The van der Waals surface area contributed by atoms with Gasteiger partial charge in [-0.3, -0.25) is 0 Å². The zero-order valence-electron chi connectivity index (χ0n) is 14.1. The third-order valence-corrected chi connectivity index (χ3v) is 3.66. The van der Waals surface area contributed by atoms with Gasteiger partial charge in [0.1, 0.15) is 0 Å². The minimum Gasteiger partial charge on any atom is -0.412 e. The number of likely N-dealkylation sites (N-methyl/N-ethyl adjacent to an activating group) is 1.